The molecule has 132 valence electrons. The fourth-order valence-corrected chi connectivity index (χ4v) is 5.60. The number of hydrogen-bond acceptors (Lipinski definition) is 2. The van der Waals surface area contributed by atoms with Crippen LogP contribution in [0.5, 0.6) is 0 Å². The average Bonchev–Trinajstić information content (AvgIpc) is 2.62. The fourth-order valence-electron chi connectivity index (χ4n) is 5.60. The molecule has 0 heterocycles. The molecule has 23 heavy (non-hydrogen) atoms. The molecule has 0 aromatic heterocycles. The van der Waals surface area contributed by atoms with Crippen molar-refractivity contribution < 1.29 is 9.53 Å². The molecule has 0 aliphatic heterocycles. The first kappa shape index (κ1) is 17.5. The predicted molar refractivity (Wildman–Crippen MR) is 94.5 cm³/mol. The van der Waals surface area contributed by atoms with Crippen LogP contribution in [0, 0.1) is 16.7 Å². The summed E-state index contributed by atoms with van der Waals surface area (Å²) in [6.07, 6.45) is 16.8. The van der Waals surface area contributed by atoms with Crippen LogP contribution >= 0.6 is 0 Å². The summed E-state index contributed by atoms with van der Waals surface area (Å²) in [7, 11) is 0. The van der Waals surface area contributed by atoms with E-state index in [1.54, 1.807) is 0 Å². The number of Topliss-reactive ketones (excluding diaryl/α,β-unsaturated/α-hetero) is 1. The Kier molecular flexibility index (Phi) is 5.50. The molecule has 0 spiro atoms. The fraction of sp³-hybridized carbons (Fsp3) is 0.952. The van der Waals surface area contributed by atoms with Gasteiger partial charge in [-0.1, -0.05) is 20.3 Å². The van der Waals surface area contributed by atoms with E-state index in [0.717, 1.165) is 32.3 Å². The third-order valence-corrected chi connectivity index (χ3v) is 7.44. The van der Waals surface area contributed by atoms with Crippen molar-refractivity contribution in [3.8, 4) is 0 Å². The molecular formula is C21H36O2. The second-order valence-electron chi connectivity index (χ2n) is 8.85. The second kappa shape index (κ2) is 7.25. The number of hydrogen-bond donors (Lipinski definition) is 0. The summed E-state index contributed by atoms with van der Waals surface area (Å²) in [6.45, 7) is 5.33. The van der Waals surface area contributed by atoms with E-state index in [1.165, 1.54) is 51.4 Å². The van der Waals surface area contributed by atoms with Gasteiger partial charge in [0.25, 0.3) is 0 Å². The van der Waals surface area contributed by atoms with Gasteiger partial charge in [-0.05, 0) is 81.5 Å². The van der Waals surface area contributed by atoms with Crippen LogP contribution in [-0.2, 0) is 9.53 Å². The molecule has 0 saturated heterocycles. The highest BCUT2D eigenvalue weighted by Crippen LogP contribution is 2.58. The zero-order valence-corrected chi connectivity index (χ0v) is 15.4. The maximum Gasteiger partial charge on any atom is 0.135 e. The Labute approximate surface area is 142 Å². The van der Waals surface area contributed by atoms with Crippen molar-refractivity contribution >= 4 is 5.78 Å². The van der Waals surface area contributed by atoms with Gasteiger partial charge in [-0.15, -0.1) is 0 Å². The molecule has 0 atom stereocenters. The SMILES string of the molecule is CCCC12CCC(COC3CCC(C(=O)CC)CC3)(CC1)CC2. The molecule has 0 aromatic rings. The summed E-state index contributed by atoms with van der Waals surface area (Å²) in [5.74, 6) is 0.797. The van der Waals surface area contributed by atoms with Crippen LogP contribution in [0.3, 0.4) is 0 Å². The molecule has 0 aromatic carbocycles. The number of ketones is 1. The summed E-state index contributed by atoms with van der Waals surface area (Å²) in [5, 5.41) is 0. The third kappa shape index (κ3) is 3.83. The summed E-state index contributed by atoms with van der Waals surface area (Å²) in [6, 6.07) is 0. The van der Waals surface area contributed by atoms with Gasteiger partial charge in [0.2, 0.25) is 0 Å². The van der Waals surface area contributed by atoms with Gasteiger partial charge in [0.15, 0.2) is 0 Å². The van der Waals surface area contributed by atoms with Crippen LogP contribution < -0.4 is 0 Å². The molecule has 2 heteroatoms. The summed E-state index contributed by atoms with van der Waals surface area (Å²) < 4.78 is 6.38. The molecule has 0 amide bonds. The van der Waals surface area contributed by atoms with Crippen LogP contribution in [-0.4, -0.2) is 18.5 Å². The highest BCUT2D eigenvalue weighted by Gasteiger charge is 2.48. The van der Waals surface area contributed by atoms with Crippen molar-refractivity contribution in [2.45, 2.75) is 103 Å². The first-order chi connectivity index (χ1) is 11.1. The zero-order chi connectivity index (χ0) is 16.3. The lowest BCUT2D eigenvalue weighted by Gasteiger charge is -2.54. The standard InChI is InChI=1S/C21H36O2/c1-3-9-20-10-13-21(14-11-20,15-12-20)16-23-18-7-5-17(6-8-18)19(22)4-2/h17-18H,3-16H2,1-2H3. The van der Waals surface area contributed by atoms with Gasteiger partial charge in [-0.3, -0.25) is 4.79 Å². The lowest BCUT2D eigenvalue weighted by molar-refractivity contribution is -0.126. The Morgan fingerprint density at radius 1 is 0.913 bits per heavy atom. The van der Waals surface area contributed by atoms with Crippen LogP contribution in [0.1, 0.15) is 97.3 Å². The number of carbonyl (C=O) groups excluding carboxylic acids is 1. The van der Waals surface area contributed by atoms with Crippen molar-refractivity contribution in [3.63, 3.8) is 0 Å². The lowest BCUT2D eigenvalue weighted by Crippen LogP contribution is -2.44. The highest BCUT2D eigenvalue weighted by molar-refractivity contribution is 5.80. The molecule has 0 radical (unpaired) electrons. The van der Waals surface area contributed by atoms with Crippen LogP contribution in [0.25, 0.3) is 0 Å². The summed E-state index contributed by atoms with van der Waals surface area (Å²) in [5.41, 5.74) is 1.21. The van der Waals surface area contributed by atoms with Crippen molar-refractivity contribution in [2.75, 3.05) is 6.61 Å². The first-order valence-corrected chi connectivity index (χ1v) is 10.2. The smallest absolute Gasteiger partial charge is 0.135 e. The molecule has 2 nitrogen and oxygen atoms in total. The Bertz CT molecular complexity index is 382. The van der Waals surface area contributed by atoms with E-state index in [9.17, 15) is 4.79 Å². The molecule has 4 fully saturated rings. The average molecular weight is 321 g/mol. The minimum absolute atomic E-state index is 0.331. The summed E-state index contributed by atoms with van der Waals surface area (Å²) >= 11 is 0. The Balaban J connectivity index is 1.43. The molecule has 4 saturated carbocycles. The van der Waals surface area contributed by atoms with Gasteiger partial charge in [0.05, 0.1) is 12.7 Å². The quantitative estimate of drug-likeness (QED) is 0.603. The van der Waals surface area contributed by atoms with Crippen molar-refractivity contribution in [1.29, 1.82) is 0 Å². The van der Waals surface area contributed by atoms with E-state index < -0.39 is 0 Å². The van der Waals surface area contributed by atoms with Gasteiger partial charge in [-0.25, -0.2) is 0 Å². The van der Waals surface area contributed by atoms with Crippen molar-refractivity contribution in [3.05, 3.63) is 0 Å². The van der Waals surface area contributed by atoms with E-state index in [1.807, 2.05) is 6.92 Å². The molecule has 4 aliphatic rings. The topological polar surface area (TPSA) is 26.3 Å². The minimum atomic E-state index is 0.331. The Hall–Kier alpha value is -0.370. The van der Waals surface area contributed by atoms with E-state index in [2.05, 4.69) is 6.92 Å². The van der Waals surface area contributed by atoms with Crippen molar-refractivity contribution in [2.24, 2.45) is 16.7 Å². The van der Waals surface area contributed by atoms with Gasteiger partial charge in [0, 0.05) is 12.3 Å². The second-order valence-corrected chi connectivity index (χ2v) is 8.85. The summed E-state index contributed by atoms with van der Waals surface area (Å²) in [4.78, 5) is 11.8. The minimum Gasteiger partial charge on any atom is -0.378 e. The van der Waals surface area contributed by atoms with E-state index in [0.29, 0.717) is 35.1 Å². The molecular weight excluding hydrogens is 284 g/mol. The maximum atomic E-state index is 11.8. The van der Waals surface area contributed by atoms with Gasteiger partial charge in [-0.2, -0.15) is 0 Å². The molecule has 0 N–H and O–H groups in total. The number of carbonyl (C=O) groups is 1. The van der Waals surface area contributed by atoms with E-state index >= 15 is 0 Å². The highest BCUT2D eigenvalue weighted by atomic mass is 16.5. The lowest BCUT2D eigenvalue weighted by atomic mass is 9.53. The van der Waals surface area contributed by atoms with Gasteiger partial charge < -0.3 is 4.74 Å². The first-order valence-electron chi connectivity index (χ1n) is 10.2. The van der Waals surface area contributed by atoms with Crippen LogP contribution in [0.4, 0.5) is 0 Å². The molecule has 4 rings (SSSR count). The number of rotatable bonds is 7. The van der Waals surface area contributed by atoms with Gasteiger partial charge in [0.1, 0.15) is 5.78 Å². The maximum absolute atomic E-state index is 11.8. The van der Waals surface area contributed by atoms with Gasteiger partial charge >= 0.3 is 0 Å². The van der Waals surface area contributed by atoms with Crippen LogP contribution in [0.2, 0.25) is 0 Å². The Morgan fingerprint density at radius 2 is 1.48 bits per heavy atom. The number of ether oxygens (including phenoxy) is 1. The normalized spacial score (nSPS) is 40.3. The third-order valence-electron chi connectivity index (χ3n) is 7.44. The van der Waals surface area contributed by atoms with E-state index in [-0.39, 0.29) is 0 Å². The zero-order valence-electron chi connectivity index (χ0n) is 15.4. The predicted octanol–water partition coefficient (Wildman–Crippen LogP) is 5.68. The monoisotopic (exact) mass is 320 g/mol. The molecule has 2 bridgehead atoms. The largest absolute Gasteiger partial charge is 0.378 e. The number of fused-ring (bicyclic) bond motifs is 3. The van der Waals surface area contributed by atoms with Crippen molar-refractivity contribution in [1.82, 2.24) is 0 Å². The van der Waals surface area contributed by atoms with E-state index in [4.69, 9.17) is 4.74 Å². The molecule has 0 unspecified atom stereocenters. The Morgan fingerprint density at radius 3 is 2.00 bits per heavy atom. The molecule has 4 aliphatic carbocycles. The van der Waals surface area contributed by atoms with Crippen LogP contribution in [0.15, 0.2) is 0 Å².